The highest BCUT2D eigenvalue weighted by Gasteiger charge is 2.16. The van der Waals surface area contributed by atoms with Crippen LogP contribution in [0, 0.1) is 0 Å². The highest BCUT2D eigenvalue weighted by Crippen LogP contribution is 2.26. The molecule has 3 aromatic rings. The molecule has 0 spiro atoms. The normalized spacial score (nSPS) is 12.2. The van der Waals surface area contributed by atoms with Crippen molar-refractivity contribution in [2.75, 3.05) is 0 Å². The van der Waals surface area contributed by atoms with Crippen LogP contribution in [0.2, 0.25) is 0 Å². The van der Waals surface area contributed by atoms with Gasteiger partial charge in [0.25, 0.3) is 0 Å². The fourth-order valence-electron chi connectivity index (χ4n) is 1.99. The maximum atomic E-state index is 5.71. The van der Waals surface area contributed by atoms with Gasteiger partial charge in [0, 0.05) is 5.56 Å². The summed E-state index contributed by atoms with van der Waals surface area (Å²) in [4.78, 5) is 0. The van der Waals surface area contributed by atoms with E-state index < -0.39 is 0 Å². The van der Waals surface area contributed by atoms with Gasteiger partial charge in [-0.2, -0.15) is 12.6 Å². The maximum Gasteiger partial charge on any atom is 0.247 e. The first-order chi connectivity index (χ1) is 9.83. The molecule has 100 valence electrons. The predicted octanol–water partition coefficient (Wildman–Crippen LogP) is 3.95. The first-order valence-electron chi connectivity index (χ1n) is 6.44. The van der Waals surface area contributed by atoms with Crippen LogP contribution >= 0.6 is 12.6 Å². The monoisotopic (exact) mass is 282 g/mol. The molecule has 1 heterocycles. The van der Waals surface area contributed by atoms with Crippen molar-refractivity contribution >= 4 is 12.6 Å². The number of hydrogen-bond acceptors (Lipinski definition) is 4. The van der Waals surface area contributed by atoms with Gasteiger partial charge in [0.05, 0.1) is 5.25 Å². The Hall–Kier alpha value is -2.07. The van der Waals surface area contributed by atoms with E-state index in [4.69, 9.17) is 4.42 Å². The number of benzene rings is 2. The molecule has 1 aromatic heterocycles. The molecular formula is C16H14N2OS. The Morgan fingerprint density at radius 1 is 0.900 bits per heavy atom. The lowest BCUT2D eigenvalue weighted by Gasteiger charge is -2.05. The Labute approximate surface area is 123 Å². The summed E-state index contributed by atoms with van der Waals surface area (Å²) in [6, 6.07) is 19.9. The highest BCUT2D eigenvalue weighted by molar-refractivity contribution is 7.80. The van der Waals surface area contributed by atoms with E-state index in [1.54, 1.807) is 0 Å². The molecule has 0 aliphatic heterocycles. The summed E-state index contributed by atoms with van der Waals surface area (Å²) < 4.78 is 5.71. The Bertz CT molecular complexity index is 667. The summed E-state index contributed by atoms with van der Waals surface area (Å²) in [6.45, 7) is 0. The predicted molar refractivity (Wildman–Crippen MR) is 81.6 cm³/mol. The molecule has 0 amide bonds. The van der Waals surface area contributed by atoms with Crippen LogP contribution in [0.1, 0.15) is 16.7 Å². The molecule has 3 nitrogen and oxygen atoms in total. The quantitative estimate of drug-likeness (QED) is 0.736. The zero-order valence-electron chi connectivity index (χ0n) is 10.8. The number of aromatic nitrogens is 2. The minimum atomic E-state index is -0.0950. The van der Waals surface area contributed by atoms with Crippen molar-refractivity contribution in [2.45, 2.75) is 11.7 Å². The number of nitrogens with zero attached hydrogens (tertiary/aromatic N) is 2. The Kier molecular flexibility index (Phi) is 3.83. The van der Waals surface area contributed by atoms with Crippen molar-refractivity contribution in [1.82, 2.24) is 10.2 Å². The Balaban J connectivity index is 1.77. The molecule has 0 bridgehead atoms. The molecular weight excluding hydrogens is 268 g/mol. The van der Waals surface area contributed by atoms with Crippen LogP contribution in [0.3, 0.4) is 0 Å². The second kappa shape index (κ2) is 5.92. The van der Waals surface area contributed by atoms with E-state index in [9.17, 15) is 0 Å². The number of rotatable bonds is 4. The molecule has 0 N–H and O–H groups in total. The van der Waals surface area contributed by atoms with Crippen molar-refractivity contribution in [3.05, 3.63) is 72.1 Å². The van der Waals surface area contributed by atoms with Crippen molar-refractivity contribution in [3.8, 4) is 11.5 Å². The minimum absolute atomic E-state index is 0.0950. The second-order valence-electron chi connectivity index (χ2n) is 4.52. The van der Waals surface area contributed by atoms with E-state index in [2.05, 4.69) is 35.0 Å². The lowest BCUT2D eigenvalue weighted by molar-refractivity contribution is 0.501. The fraction of sp³-hybridized carbons (Fsp3) is 0.125. The number of hydrogen-bond donors (Lipinski definition) is 1. The molecule has 1 unspecified atom stereocenters. The molecule has 20 heavy (non-hydrogen) atoms. The molecule has 0 saturated carbocycles. The summed E-state index contributed by atoms with van der Waals surface area (Å²) in [5.41, 5.74) is 2.12. The average molecular weight is 282 g/mol. The third kappa shape index (κ3) is 2.91. The SMILES string of the molecule is SC(Cc1ccccc1)c1nnc(-c2ccccc2)o1. The highest BCUT2D eigenvalue weighted by atomic mass is 32.1. The van der Waals surface area contributed by atoms with E-state index in [-0.39, 0.29) is 5.25 Å². The van der Waals surface area contributed by atoms with Crippen LogP contribution in [0.15, 0.2) is 65.1 Å². The van der Waals surface area contributed by atoms with Gasteiger partial charge in [0.2, 0.25) is 11.8 Å². The fourth-order valence-corrected chi connectivity index (χ4v) is 2.31. The zero-order chi connectivity index (χ0) is 13.8. The molecule has 0 fully saturated rings. The topological polar surface area (TPSA) is 38.9 Å². The smallest absolute Gasteiger partial charge is 0.247 e. The van der Waals surface area contributed by atoms with Crippen LogP contribution in [-0.2, 0) is 6.42 Å². The van der Waals surface area contributed by atoms with Gasteiger partial charge < -0.3 is 4.42 Å². The lowest BCUT2D eigenvalue weighted by atomic mass is 10.1. The molecule has 0 saturated heterocycles. The van der Waals surface area contributed by atoms with Gasteiger partial charge in [-0.1, -0.05) is 48.5 Å². The van der Waals surface area contributed by atoms with E-state index >= 15 is 0 Å². The van der Waals surface area contributed by atoms with Crippen LogP contribution < -0.4 is 0 Å². The lowest BCUT2D eigenvalue weighted by Crippen LogP contribution is -1.96. The van der Waals surface area contributed by atoms with Gasteiger partial charge in [0.15, 0.2) is 0 Å². The summed E-state index contributed by atoms with van der Waals surface area (Å²) in [7, 11) is 0. The third-order valence-corrected chi connectivity index (χ3v) is 3.42. The minimum Gasteiger partial charge on any atom is -0.419 e. The largest absolute Gasteiger partial charge is 0.419 e. The van der Waals surface area contributed by atoms with Gasteiger partial charge in [0.1, 0.15) is 0 Å². The van der Waals surface area contributed by atoms with E-state index in [1.807, 2.05) is 48.5 Å². The van der Waals surface area contributed by atoms with Gasteiger partial charge >= 0.3 is 0 Å². The van der Waals surface area contributed by atoms with E-state index in [1.165, 1.54) is 5.56 Å². The second-order valence-corrected chi connectivity index (χ2v) is 5.14. The van der Waals surface area contributed by atoms with Crippen molar-refractivity contribution in [3.63, 3.8) is 0 Å². The summed E-state index contributed by atoms with van der Waals surface area (Å²) >= 11 is 4.56. The van der Waals surface area contributed by atoms with Crippen LogP contribution in [0.5, 0.6) is 0 Å². The van der Waals surface area contributed by atoms with Crippen LogP contribution in [-0.4, -0.2) is 10.2 Å². The molecule has 1 atom stereocenters. The standard InChI is InChI=1S/C16H14N2OS/c20-14(11-12-7-3-1-4-8-12)16-18-17-15(19-16)13-9-5-2-6-10-13/h1-10,14,20H,11H2. The van der Waals surface area contributed by atoms with E-state index in [0.29, 0.717) is 11.8 Å². The molecule has 4 heteroatoms. The Morgan fingerprint density at radius 3 is 2.25 bits per heavy atom. The maximum absolute atomic E-state index is 5.71. The molecule has 0 aliphatic carbocycles. The van der Waals surface area contributed by atoms with Crippen molar-refractivity contribution < 1.29 is 4.42 Å². The molecule has 0 radical (unpaired) electrons. The van der Waals surface area contributed by atoms with E-state index in [0.717, 1.165) is 12.0 Å². The summed E-state index contributed by atoms with van der Waals surface area (Å²) in [6.07, 6.45) is 0.764. The van der Waals surface area contributed by atoms with Gasteiger partial charge in [-0.15, -0.1) is 10.2 Å². The zero-order valence-corrected chi connectivity index (χ0v) is 11.7. The van der Waals surface area contributed by atoms with Gasteiger partial charge in [-0.25, -0.2) is 0 Å². The van der Waals surface area contributed by atoms with Crippen LogP contribution in [0.25, 0.3) is 11.5 Å². The van der Waals surface area contributed by atoms with Gasteiger partial charge in [-0.05, 0) is 24.1 Å². The Morgan fingerprint density at radius 2 is 1.55 bits per heavy atom. The van der Waals surface area contributed by atoms with Crippen LogP contribution in [0.4, 0.5) is 0 Å². The average Bonchev–Trinajstić information content (AvgIpc) is 2.99. The number of thiol groups is 1. The van der Waals surface area contributed by atoms with Gasteiger partial charge in [-0.3, -0.25) is 0 Å². The molecule has 2 aromatic carbocycles. The first-order valence-corrected chi connectivity index (χ1v) is 6.95. The summed E-state index contributed by atoms with van der Waals surface area (Å²) in [5, 5.41) is 8.08. The first kappa shape index (κ1) is 12.9. The molecule has 3 rings (SSSR count). The van der Waals surface area contributed by atoms with Crippen molar-refractivity contribution in [1.29, 1.82) is 0 Å². The summed E-state index contributed by atoms with van der Waals surface area (Å²) in [5.74, 6) is 1.09. The third-order valence-electron chi connectivity index (χ3n) is 3.02. The molecule has 0 aliphatic rings. The van der Waals surface area contributed by atoms with Crippen molar-refractivity contribution in [2.24, 2.45) is 0 Å².